The van der Waals surface area contributed by atoms with Gasteiger partial charge in [-0.1, -0.05) is 12.1 Å². The lowest BCUT2D eigenvalue weighted by Crippen LogP contribution is -2.16. The number of rotatable bonds is 3. The third-order valence-electron chi connectivity index (χ3n) is 4.09. The van der Waals surface area contributed by atoms with Crippen molar-refractivity contribution >= 4 is 16.9 Å². The lowest BCUT2D eigenvalue weighted by Gasteiger charge is -2.28. The number of nitrogens with zero attached hydrogens (tertiary/aromatic N) is 1. The molecule has 1 aliphatic carbocycles. The van der Waals surface area contributed by atoms with E-state index >= 15 is 0 Å². The van der Waals surface area contributed by atoms with Crippen LogP contribution in [0.4, 0.5) is 0 Å². The van der Waals surface area contributed by atoms with Crippen molar-refractivity contribution in [2.45, 2.75) is 38.1 Å². The molecule has 2 aromatic rings. The van der Waals surface area contributed by atoms with Gasteiger partial charge in [-0.05, 0) is 49.3 Å². The number of hydrogen-bond donors (Lipinski definition) is 1. The number of hydrogen-bond acceptors (Lipinski definition) is 1. The molecule has 0 spiro atoms. The van der Waals surface area contributed by atoms with Crippen molar-refractivity contribution in [2.75, 3.05) is 0 Å². The number of carboxylic acids is 1. The second-order valence-electron chi connectivity index (χ2n) is 5.19. The monoisotopic (exact) mass is 243 g/mol. The summed E-state index contributed by atoms with van der Waals surface area (Å²) in [6, 6.07) is 8.71. The van der Waals surface area contributed by atoms with Gasteiger partial charge in [0.2, 0.25) is 0 Å². The van der Waals surface area contributed by atoms with Crippen LogP contribution in [-0.2, 0) is 4.79 Å². The van der Waals surface area contributed by atoms with Crippen LogP contribution in [-0.4, -0.2) is 15.6 Å². The summed E-state index contributed by atoms with van der Waals surface area (Å²) in [5.41, 5.74) is 2.06. The normalized spacial score (nSPS) is 17.6. The molecule has 94 valence electrons. The fourth-order valence-electron chi connectivity index (χ4n) is 2.56. The Morgan fingerprint density at radius 2 is 2.17 bits per heavy atom. The molecule has 0 amide bonds. The zero-order chi connectivity index (χ0) is 12.7. The molecule has 1 atom stereocenters. The zero-order valence-corrected chi connectivity index (χ0v) is 10.5. The van der Waals surface area contributed by atoms with E-state index in [0.717, 1.165) is 5.56 Å². The summed E-state index contributed by atoms with van der Waals surface area (Å²) in [5, 5.41) is 10.3. The van der Waals surface area contributed by atoms with E-state index < -0.39 is 11.9 Å². The molecule has 1 unspecified atom stereocenters. The highest BCUT2D eigenvalue weighted by Crippen LogP contribution is 2.35. The molecule has 3 nitrogen and oxygen atoms in total. The highest BCUT2D eigenvalue weighted by molar-refractivity contribution is 5.83. The molecule has 1 N–H and O–H groups in total. The van der Waals surface area contributed by atoms with Crippen LogP contribution in [0, 0.1) is 0 Å². The number of aromatic nitrogens is 1. The Hall–Kier alpha value is -1.77. The van der Waals surface area contributed by atoms with Crippen molar-refractivity contribution < 1.29 is 9.90 Å². The third-order valence-corrected chi connectivity index (χ3v) is 4.09. The first kappa shape index (κ1) is 11.3. The van der Waals surface area contributed by atoms with Crippen molar-refractivity contribution in [1.29, 1.82) is 0 Å². The average Bonchev–Trinajstić information content (AvgIpc) is 2.69. The Kier molecular flexibility index (Phi) is 2.62. The van der Waals surface area contributed by atoms with E-state index in [0.29, 0.717) is 6.04 Å². The summed E-state index contributed by atoms with van der Waals surface area (Å²) in [6.45, 7) is 1.74. The number of carboxylic acid groups (broad SMARTS) is 1. The maximum atomic E-state index is 11.1. The third kappa shape index (κ3) is 1.70. The van der Waals surface area contributed by atoms with Crippen LogP contribution in [0.15, 0.2) is 30.5 Å². The van der Waals surface area contributed by atoms with Gasteiger partial charge in [-0.15, -0.1) is 0 Å². The molecule has 0 bridgehead atoms. The maximum Gasteiger partial charge on any atom is 0.310 e. The fourth-order valence-corrected chi connectivity index (χ4v) is 2.56. The second-order valence-corrected chi connectivity index (χ2v) is 5.19. The van der Waals surface area contributed by atoms with Crippen LogP contribution in [0.25, 0.3) is 10.9 Å². The summed E-state index contributed by atoms with van der Waals surface area (Å²) in [6.07, 6.45) is 5.91. The quantitative estimate of drug-likeness (QED) is 0.895. The van der Waals surface area contributed by atoms with Crippen LogP contribution in [0.1, 0.15) is 43.7 Å². The van der Waals surface area contributed by atoms with Crippen molar-refractivity contribution in [3.8, 4) is 0 Å². The fraction of sp³-hybridized carbons (Fsp3) is 0.400. The number of aliphatic carboxylic acids is 1. The van der Waals surface area contributed by atoms with E-state index in [4.69, 9.17) is 5.11 Å². The Balaban J connectivity index is 2.06. The highest BCUT2D eigenvalue weighted by atomic mass is 16.4. The van der Waals surface area contributed by atoms with Gasteiger partial charge in [0.1, 0.15) is 0 Å². The smallest absolute Gasteiger partial charge is 0.310 e. The molecular weight excluding hydrogens is 226 g/mol. The van der Waals surface area contributed by atoms with Crippen LogP contribution in [0.2, 0.25) is 0 Å². The topological polar surface area (TPSA) is 42.2 Å². The molecular formula is C15H17NO2. The van der Waals surface area contributed by atoms with E-state index in [2.05, 4.69) is 16.8 Å². The molecule has 1 fully saturated rings. The zero-order valence-electron chi connectivity index (χ0n) is 10.5. The van der Waals surface area contributed by atoms with Gasteiger partial charge in [0.15, 0.2) is 0 Å². The molecule has 3 heteroatoms. The summed E-state index contributed by atoms with van der Waals surface area (Å²) in [7, 11) is 0. The van der Waals surface area contributed by atoms with Gasteiger partial charge in [0.25, 0.3) is 0 Å². The van der Waals surface area contributed by atoms with Gasteiger partial charge in [0.05, 0.1) is 5.92 Å². The molecule has 18 heavy (non-hydrogen) atoms. The maximum absolute atomic E-state index is 11.1. The van der Waals surface area contributed by atoms with Crippen LogP contribution in [0.5, 0.6) is 0 Å². The number of carbonyl (C=O) groups is 1. The van der Waals surface area contributed by atoms with Gasteiger partial charge in [-0.2, -0.15) is 0 Å². The van der Waals surface area contributed by atoms with E-state index in [1.165, 1.54) is 30.2 Å². The lowest BCUT2D eigenvalue weighted by atomic mass is 9.92. The van der Waals surface area contributed by atoms with Gasteiger partial charge in [-0.3, -0.25) is 4.79 Å². The number of benzene rings is 1. The lowest BCUT2D eigenvalue weighted by molar-refractivity contribution is -0.138. The Labute approximate surface area is 106 Å². The van der Waals surface area contributed by atoms with E-state index in [-0.39, 0.29) is 0 Å². The molecule has 1 aromatic heterocycles. The SMILES string of the molecule is CC(C(=O)O)c1ccc2ccn(C3CCC3)c2c1. The summed E-state index contributed by atoms with van der Waals surface area (Å²) in [4.78, 5) is 11.1. The predicted molar refractivity (Wildman–Crippen MR) is 70.9 cm³/mol. The Morgan fingerprint density at radius 3 is 2.78 bits per heavy atom. The van der Waals surface area contributed by atoms with Gasteiger partial charge < -0.3 is 9.67 Å². The van der Waals surface area contributed by atoms with Crippen molar-refractivity contribution in [3.05, 3.63) is 36.0 Å². The van der Waals surface area contributed by atoms with Crippen LogP contribution in [0.3, 0.4) is 0 Å². The average molecular weight is 243 g/mol. The largest absolute Gasteiger partial charge is 0.481 e. The van der Waals surface area contributed by atoms with E-state index in [9.17, 15) is 4.79 Å². The minimum Gasteiger partial charge on any atom is -0.481 e. The first-order valence-electron chi connectivity index (χ1n) is 6.50. The van der Waals surface area contributed by atoms with Crippen molar-refractivity contribution in [2.24, 2.45) is 0 Å². The molecule has 0 radical (unpaired) electrons. The Bertz CT molecular complexity index is 596. The minimum atomic E-state index is -0.767. The molecule has 0 aliphatic heterocycles. The summed E-state index contributed by atoms with van der Waals surface area (Å²) in [5.74, 6) is -1.21. The van der Waals surface area contributed by atoms with Crippen molar-refractivity contribution in [1.82, 2.24) is 4.57 Å². The van der Waals surface area contributed by atoms with E-state index in [1.807, 2.05) is 18.2 Å². The van der Waals surface area contributed by atoms with Crippen LogP contribution >= 0.6 is 0 Å². The standard InChI is InChI=1S/C15H17NO2/c1-10(15(17)18)12-6-5-11-7-8-16(14(11)9-12)13-3-2-4-13/h5-10,13H,2-4H2,1H3,(H,17,18). The first-order valence-corrected chi connectivity index (χ1v) is 6.50. The van der Waals surface area contributed by atoms with Gasteiger partial charge >= 0.3 is 5.97 Å². The molecule has 1 aliphatic rings. The van der Waals surface area contributed by atoms with E-state index in [1.54, 1.807) is 6.92 Å². The highest BCUT2D eigenvalue weighted by Gasteiger charge is 2.21. The summed E-state index contributed by atoms with van der Waals surface area (Å²) >= 11 is 0. The van der Waals surface area contributed by atoms with Gasteiger partial charge in [0, 0.05) is 17.8 Å². The van der Waals surface area contributed by atoms with Gasteiger partial charge in [-0.25, -0.2) is 0 Å². The summed E-state index contributed by atoms with van der Waals surface area (Å²) < 4.78 is 2.30. The second kappa shape index (κ2) is 4.16. The molecule has 1 aromatic carbocycles. The first-order chi connectivity index (χ1) is 8.66. The predicted octanol–water partition coefficient (Wildman–Crippen LogP) is 3.55. The minimum absolute atomic E-state index is 0.445. The molecule has 0 saturated heterocycles. The Morgan fingerprint density at radius 1 is 1.39 bits per heavy atom. The molecule has 1 saturated carbocycles. The molecule has 3 rings (SSSR count). The van der Waals surface area contributed by atoms with Crippen molar-refractivity contribution in [3.63, 3.8) is 0 Å². The number of fused-ring (bicyclic) bond motifs is 1. The van der Waals surface area contributed by atoms with Crippen LogP contribution < -0.4 is 0 Å². The molecule has 1 heterocycles.